The van der Waals surface area contributed by atoms with Crippen LogP contribution >= 0.6 is 11.6 Å². The summed E-state index contributed by atoms with van der Waals surface area (Å²) in [5.74, 6) is -1.02. The second kappa shape index (κ2) is 8.18. The van der Waals surface area contributed by atoms with E-state index < -0.39 is 28.3 Å². The molecule has 0 spiro atoms. The lowest BCUT2D eigenvalue weighted by atomic mass is 10.2. The van der Waals surface area contributed by atoms with Crippen LogP contribution in [0.3, 0.4) is 0 Å². The molecule has 0 radical (unpaired) electrons. The Kier molecular flexibility index (Phi) is 5.60. The normalized spacial score (nSPS) is 16.2. The Balaban J connectivity index is 1.78. The van der Waals surface area contributed by atoms with Gasteiger partial charge in [0.1, 0.15) is 10.7 Å². The largest absolute Gasteiger partial charge is 0.305 e. The summed E-state index contributed by atoms with van der Waals surface area (Å²) in [4.78, 5) is 14.6. The zero-order valence-corrected chi connectivity index (χ0v) is 17.4. The van der Waals surface area contributed by atoms with Crippen molar-refractivity contribution in [2.45, 2.75) is 18.0 Å². The van der Waals surface area contributed by atoms with Gasteiger partial charge in [-0.25, -0.2) is 12.8 Å². The van der Waals surface area contributed by atoms with E-state index in [9.17, 15) is 17.6 Å². The number of rotatable bonds is 4. The smallest absolute Gasteiger partial charge is 0.245 e. The first kappa shape index (κ1) is 20.5. The van der Waals surface area contributed by atoms with Crippen LogP contribution in [0.2, 0.25) is 5.02 Å². The molecule has 4 rings (SSSR count). The van der Waals surface area contributed by atoms with Gasteiger partial charge in [-0.3, -0.25) is 4.79 Å². The average molecular weight is 445 g/mol. The number of amides is 1. The second-order valence-electron chi connectivity index (χ2n) is 6.91. The van der Waals surface area contributed by atoms with Crippen LogP contribution < -0.4 is 4.90 Å². The van der Waals surface area contributed by atoms with Gasteiger partial charge in [0.15, 0.2) is 0 Å². The first-order valence-electron chi connectivity index (χ1n) is 9.24. The Morgan fingerprint density at radius 3 is 2.33 bits per heavy atom. The first-order chi connectivity index (χ1) is 14.4. The molecular weight excluding hydrogens is 427 g/mol. The van der Waals surface area contributed by atoms with E-state index in [1.54, 1.807) is 18.2 Å². The number of hydrogen-bond donors (Lipinski definition) is 0. The van der Waals surface area contributed by atoms with Crippen molar-refractivity contribution in [3.63, 3.8) is 0 Å². The first-order valence-corrected chi connectivity index (χ1v) is 11.1. The van der Waals surface area contributed by atoms with Crippen LogP contribution in [0.25, 0.3) is 0 Å². The second-order valence-corrected chi connectivity index (χ2v) is 9.22. The van der Waals surface area contributed by atoms with Crippen LogP contribution in [0, 0.1) is 5.82 Å². The van der Waals surface area contributed by atoms with Crippen molar-refractivity contribution in [1.29, 1.82) is 0 Å². The quantitative estimate of drug-likeness (QED) is 0.605. The summed E-state index contributed by atoms with van der Waals surface area (Å²) in [5, 5.41) is 0.108. The summed E-state index contributed by atoms with van der Waals surface area (Å²) in [6.07, 6.45) is 0. The third-order valence-corrected chi connectivity index (χ3v) is 7.16. The molecule has 1 aliphatic rings. The fourth-order valence-corrected chi connectivity index (χ4v) is 5.21. The summed E-state index contributed by atoms with van der Waals surface area (Å²) in [5.41, 5.74) is 1.20. The van der Waals surface area contributed by atoms with Gasteiger partial charge >= 0.3 is 0 Å². The highest BCUT2D eigenvalue weighted by atomic mass is 35.5. The molecule has 30 heavy (non-hydrogen) atoms. The standard InChI is InChI=1S/C22H18ClFN2O3S/c23-18-9-6-10-19(24)17(18)14-25-15-22(27)26(13-16-7-2-1-3-8-16)20-11-4-5-12-21(20)30(25,28)29/h1-12H,13-15H2. The predicted octanol–water partition coefficient (Wildman–Crippen LogP) is 4.22. The van der Waals surface area contributed by atoms with Crippen molar-refractivity contribution < 1.29 is 17.6 Å². The Morgan fingerprint density at radius 1 is 0.900 bits per heavy atom. The van der Waals surface area contributed by atoms with E-state index >= 15 is 0 Å². The number of hydrogen-bond acceptors (Lipinski definition) is 3. The molecule has 5 nitrogen and oxygen atoms in total. The molecule has 0 bridgehead atoms. The van der Waals surface area contributed by atoms with Crippen LogP contribution in [0.1, 0.15) is 11.1 Å². The third-order valence-electron chi connectivity index (χ3n) is 4.97. The molecule has 8 heteroatoms. The molecule has 0 atom stereocenters. The van der Waals surface area contributed by atoms with Crippen molar-refractivity contribution in [3.8, 4) is 0 Å². The molecule has 0 N–H and O–H groups in total. The van der Waals surface area contributed by atoms with E-state index in [0.29, 0.717) is 5.69 Å². The topological polar surface area (TPSA) is 57.7 Å². The van der Waals surface area contributed by atoms with E-state index in [1.807, 2.05) is 30.3 Å². The lowest BCUT2D eigenvalue weighted by Gasteiger charge is -2.22. The number of anilines is 1. The van der Waals surface area contributed by atoms with E-state index in [0.717, 1.165) is 9.87 Å². The van der Waals surface area contributed by atoms with E-state index in [-0.39, 0.29) is 28.6 Å². The SMILES string of the molecule is O=C1CN(Cc2c(F)cccc2Cl)S(=O)(=O)c2ccccc2N1Cc1ccccc1. The maximum Gasteiger partial charge on any atom is 0.245 e. The summed E-state index contributed by atoms with van der Waals surface area (Å²) in [6, 6.07) is 19.8. The average Bonchev–Trinajstić information content (AvgIpc) is 2.81. The van der Waals surface area contributed by atoms with Gasteiger partial charge in [0.25, 0.3) is 0 Å². The van der Waals surface area contributed by atoms with Gasteiger partial charge in [0, 0.05) is 17.1 Å². The van der Waals surface area contributed by atoms with Gasteiger partial charge in [-0.2, -0.15) is 4.31 Å². The van der Waals surface area contributed by atoms with Gasteiger partial charge in [0.05, 0.1) is 18.8 Å². The minimum absolute atomic E-state index is 0.000701. The highest BCUT2D eigenvalue weighted by Gasteiger charge is 2.37. The number of fused-ring (bicyclic) bond motifs is 1. The lowest BCUT2D eigenvalue weighted by molar-refractivity contribution is -0.119. The molecule has 0 saturated carbocycles. The van der Waals surface area contributed by atoms with E-state index in [4.69, 9.17) is 11.6 Å². The van der Waals surface area contributed by atoms with E-state index in [2.05, 4.69) is 0 Å². The molecule has 0 saturated heterocycles. The maximum atomic E-state index is 14.3. The summed E-state index contributed by atoms with van der Waals surface area (Å²) < 4.78 is 42.0. The minimum Gasteiger partial charge on any atom is -0.305 e. The van der Waals surface area contributed by atoms with Gasteiger partial charge in [-0.1, -0.05) is 60.1 Å². The number of carbonyl (C=O) groups excluding carboxylic acids is 1. The van der Waals surface area contributed by atoms with Crippen molar-refractivity contribution >= 4 is 33.2 Å². The predicted molar refractivity (Wildman–Crippen MR) is 113 cm³/mol. The molecule has 3 aromatic rings. The Morgan fingerprint density at radius 2 is 1.60 bits per heavy atom. The summed E-state index contributed by atoms with van der Waals surface area (Å²) >= 11 is 6.10. The highest BCUT2D eigenvalue weighted by molar-refractivity contribution is 7.89. The van der Waals surface area contributed by atoms with Crippen molar-refractivity contribution in [2.24, 2.45) is 0 Å². The third kappa shape index (κ3) is 3.84. The Hall–Kier alpha value is -2.74. The maximum absolute atomic E-state index is 14.3. The molecule has 0 unspecified atom stereocenters. The van der Waals surface area contributed by atoms with Crippen molar-refractivity contribution in [3.05, 3.63) is 94.8 Å². The monoisotopic (exact) mass is 444 g/mol. The number of para-hydroxylation sites is 1. The minimum atomic E-state index is -4.06. The number of nitrogens with zero attached hydrogens (tertiary/aromatic N) is 2. The number of sulfonamides is 1. The lowest BCUT2D eigenvalue weighted by Crippen LogP contribution is -2.39. The molecule has 3 aromatic carbocycles. The molecule has 154 valence electrons. The van der Waals surface area contributed by atoms with E-state index in [1.165, 1.54) is 29.2 Å². The molecule has 0 aromatic heterocycles. The number of halogens is 2. The van der Waals surface area contributed by atoms with Gasteiger partial charge in [-0.05, 0) is 29.8 Å². The molecule has 1 heterocycles. The summed E-state index contributed by atoms with van der Waals surface area (Å²) in [6.45, 7) is -0.540. The highest BCUT2D eigenvalue weighted by Crippen LogP contribution is 2.34. The molecule has 0 aliphatic carbocycles. The molecule has 0 fully saturated rings. The van der Waals surface area contributed by atoms with Crippen molar-refractivity contribution in [1.82, 2.24) is 4.31 Å². The number of benzene rings is 3. The van der Waals surface area contributed by atoms with Crippen LogP contribution in [0.15, 0.2) is 77.7 Å². The van der Waals surface area contributed by atoms with Crippen LogP contribution in [0.4, 0.5) is 10.1 Å². The Bertz CT molecular complexity index is 1180. The number of carbonyl (C=O) groups is 1. The van der Waals surface area contributed by atoms with Gasteiger partial charge < -0.3 is 4.90 Å². The fraction of sp³-hybridized carbons (Fsp3) is 0.136. The zero-order chi connectivity index (χ0) is 21.3. The Labute approximate surface area is 179 Å². The van der Waals surface area contributed by atoms with Crippen LogP contribution in [-0.2, 0) is 27.9 Å². The van der Waals surface area contributed by atoms with Crippen LogP contribution in [0.5, 0.6) is 0 Å². The van der Waals surface area contributed by atoms with Gasteiger partial charge in [-0.15, -0.1) is 0 Å². The van der Waals surface area contributed by atoms with Crippen LogP contribution in [-0.4, -0.2) is 25.2 Å². The zero-order valence-electron chi connectivity index (χ0n) is 15.8. The molecule has 1 aliphatic heterocycles. The van der Waals surface area contributed by atoms with Gasteiger partial charge in [0.2, 0.25) is 15.9 Å². The van der Waals surface area contributed by atoms with Crippen molar-refractivity contribution in [2.75, 3.05) is 11.4 Å². The fourth-order valence-electron chi connectivity index (χ4n) is 3.43. The molecule has 1 amide bonds. The molecular formula is C22H18ClFN2O3S. The summed E-state index contributed by atoms with van der Waals surface area (Å²) in [7, 11) is -4.06.